The minimum atomic E-state index is -0.472. The zero-order valence-corrected chi connectivity index (χ0v) is 19.1. The van der Waals surface area contributed by atoms with Crippen molar-refractivity contribution in [2.75, 3.05) is 13.2 Å². The van der Waals surface area contributed by atoms with Crippen LogP contribution in [-0.4, -0.2) is 36.8 Å². The van der Waals surface area contributed by atoms with Crippen molar-refractivity contribution < 1.29 is 19.3 Å². The molecule has 0 aromatic heterocycles. The number of unbranched alkanes of at least 4 members (excludes halogenated alkanes) is 9. The van der Waals surface area contributed by atoms with Gasteiger partial charge in [0.25, 0.3) is 0 Å². The van der Waals surface area contributed by atoms with Crippen molar-refractivity contribution in [2.45, 2.75) is 115 Å². The van der Waals surface area contributed by atoms with Gasteiger partial charge in [0.1, 0.15) is 0 Å². The summed E-state index contributed by atoms with van der Waals surface area (Å²) in [5.74, 6) is 0. The lowest BCUT2D eigenvalue weighted by Gasteiger charge is -2.24. The second-order valence-electron chi connectivity index (χ2n) is 8.62. The molecule has 172 valence electrons. The maximum absolute atomic E-state index is 10.8. The molecule has 2 rings (SSSR count). The van der Waals surface area contributed by atoms with Crippen LogP contribution in [0.15, 0.2) is 30.3 Å². The molecule has 0 amide bonds. The molecule has 30 heavy (non-hydrogen) atoms. The van der Waals surface area contributed by atoms with Gasteiger partial charge in [0.15, 0.2) is 6.29 Å². The molecular formula is C26H44O4. The first-order valence-electron chi connectivity index (χ1n) is 12.4. The van der Waals surface area contributed by atoms with Crippen molar-refractivity contribution >= 4 is 0 Å². The van der Waals surface area contributed by atoms with E-state index in [1.165, 1.54) is 57.8 Å². The zero-order chi connectivity index (χ0) is 21.3. The van der Waals surface area contributed by atoms with E-state index in [1.807, 2.05) is 18.2 Å². The molecule has 4 heteroatoms. The number of hydrogen-bond donors (Lipinski definition) is 1. The lowest BCUT2D eigenvalue weighted by atomic mass is 10.0. The van der Waals surface area contributed by atoms with Gasteiger partial charge in [0.05, 0.1) is 32.0 Å². The van der Waals surface area contributed by atoms with Crippen LogP contribution in [0.1, 0.15) is 96.0 Å². The van der Waals surface area contributed by atoms with E-state index < -0.39 is 6.10 Å². The Morgan fingerprint density at radius 2 is 1.47 bits per heavy atom. The van der Waals surface area contributed by atoms with E-state index >= 15 is 0 Å². The van der Waals surface area contributed by atoms with Crippen LogP contribution in [0.3, 0.4) is 0 Å². The highest BCUT2D eigenvalue weighted by molar-refractivity contribution is 5.13. The van der Waals surface area contributed by atoms with Crippen LogP contribution in [0, 0.1) is 0 Å². The Morgan fingerprint density at radius 1 is 0.867 bits per heavy atom. The van der Waals surface area contributed by atoms with Crippen LogP contribution in [0.25, 0.3) is 0 Å². The Labute approximate surface area is 184 Å². The predicted molar refractivity (Wildman–Crippen MR) is 122 cm³/mol. The third-order valence-corrected chi connectivity index (χ3v) is 5.97. The summed E-state index contributed by atoms with van der Waals surface area (Å²) in [5, 5.41) is 10.8. The summed E-state index contributed by atoms with van der Waals surface area (Å²) in [5.41, 5.74) is 1.15. The van der Waals surface area contributed by atoms with Crippen molar-refractivity contribution in [3.8, 4) is 0 Å². The summed E-state index contributed by atoms with van der Waals surface area (Å²) in [6.45, 7) is 4.14. The first-order chi connectivity index (χ1) is 14.8. The van der Waals surface area contributed by atoms with E-state index in [9.17, 15) is 5.11 Å². The highest BCUT2D eigenvalue weighted by atomic mass is 16.7. The average molecular weight is 421 g/mol. The zero-order valence-electron chi connectivity index (χ0n) is 19.1. The van der Waals surface area contributed by atoms with Crippen molar-refractivity contribution in [2.24, 2.45) is 0 Å². The highest BCUT2D eigenvalue weighted by Gasteiger charge is 2.23. The number of rotatable bonds is 18. The van der Waals surface area contributed by atoms with E-state index in [0.717, 1.165) is 24.8 Å². The largest absolute Gasteiger partial charge is 0.390 e. The summed E-state index contributed by atoms with van der Waals surface area (Å²) in [6.07, 6.45) is 14.7. The number of benzene rings is 1. The summed E-state index contributed by atoms with van der Waals surface area (Å²) < 4.78 is 17.2. The molecule has 0 radical (unpaired) electrons. The first kappa shape index (κ1) is 25.3. The standard InChI is InChI=1S/C26H44O4/c1-2-3-4-5-6-7-8-9-10-14-17-25(30-22-23-15-12-11-13-16-23)24(27)18-19-26-28-20-21-29-26/h11-13,15-16,24-27H,2-10,14,17-22H2,1H3/t24-,25-/m1/s1. The van der Waals surface area contributed by atoms with Gasteiger partial charge < -0.3 is 19.3 Å². The normalized spacial score (nSPS) is 16.7. The summed E-state index contributed by atoms with van der Waals surface area (Å²) in [6, 6.07) is 10.2. The molecule has 0 unspecified atom stereocenters. The maximum atomic E-state index is 10.8. The fourth-order valence-corrected chi connectivity index (χ4v) is 4.06. The minimum absolute atomic E-state index is 0.124. The minimum Gasteiger partial charge on any atom is -0.390 e. The van der Waals surface area contributed by atoms with Gasteiger partial charge in [-0.05, 0) is 18.4 Å². The Morgan fingerprint density at radius 3 is 2.10 bits per heavy atom. The molecule has 2 atom stereocenters. The van der Waals surface area contributed by atoms with Gasteiger partial charge in [-0.3, -0.25) is 0 Å². The van der Waals surface area contributed by atoms with Crippen LogP contribution in [-0.2, 0) is 20.8 Å². The fourth-order valence-electron chi connectivity index (χ4n) is 4.06. The molecule has 1 N–H and O–H groups in total. The number of ether oxygens (including phenoxy) is 3. The summed E-state index contributed by atoms with van der Waals surface area (Å²) in [4.78, 5) is 0. The van der Waals surface area contributed by atoms with E-state index in [2.05, 4.69) is 19.1 Å². The smallest absolute Gasteiger partial charge is 0.157 e. The molecular weight excluding hydrogens is 376 g/mol. The second kappa shape index (κ2) is 16.7. The van der Waals surface area contributed by atoms with Crippen molar-refractivity contribution in [1.82, 2.24) is 0 Å². The fraction of sp³-hybridized carbons (Fsp3) is 0.769. The molecule has 0 spiro atoms. The van der Waals surface area contributed by atoms with Gasteiger partial charge in [0.2, 0.25) is 0 Å². The van der Waals surface area contributed by atoms with Crippen LogP contribution < -0.4 is 0 Å². The third kappa shape index (κ3) is 11.5. The Kier molecular flexibility index (Phi) is 14.1. The topological polar surface area (TPSA) is 47.9 Å². The van der Waals surface area contributed by atoms with Crippen molar-refractivity contribution in [3.63, 3.8) is 0 Å². The highest BCUT2D eigenvalue weighted by Crippen LogP contribution is 2.20. The first-order valence-corrected chi connectivity index (χ1v) is 12.4. The predicted octanol–water partition coefficient (Wildman–Crippen LogP) is 6.40. The summed E-state index contributed by atoms with van der Waals surface area (Å²) >= 11 is 0. The Balaban J connectivity index is 1.64. The van der Waals surface area contributed by atoms with Crippen molar-refractivity contribution in [3.05, 3.63) is 35.9 Å². The second-order valence-corrected chi connectivity index (χ2v) is 8.62. The van der Waals surface area contributed by atoms with Crippen molar-refractivity contribution in [1.29, 1.82) is 0 Å². The van der Waals surface area contributed by atoms with E-state index in [4.69, 9.17) is 14.2 Å². The van der Waals surface area contributed by atoms with Crippen LogP contribution in [0.2, 0.25) is 0 Å². The van der Waals surface area contributed by atoms with Gasteiger partial charge in [-0.2, -0.15) is 0 Å². The maximum Gasteiger partial charge on any atom is 0.157 e. The molecule has 1 saturated heterocycles. The Bertz CT molecular complexity index is 501. The van der Waals surface area contributed by atoms with E-state index in [1.54, 1.807) is 0 Å². The van der Waals surface area contributed by atoms with Gasteiger partial charge in [-0.25, -0.2) is 0 Å². The van der Waals surface area contributed by atoms with E-state index in [-0.39, 0.29) is 12.4 Å². The molecule has 0 aliphatic carbocycles. The van der Waals surface area contributed by atoms with Gasteiger partial charge in [-0.15, -0.1) is 0 Å². The Hall–Kier alpha value is -0.940. The van der Waals surface area contributed by atoms with Gasteiger partial charge in [0, 0.05) is 6.42 Å². The van der Waals surface area contributed by atoms with E-state index in [0.29, 0.717) is 26.2 Å². The molecule has 1 aliphatic heterocycles. The average Bonchev–Trinajstić information content (AvgIpc) is 3.30. The lowest BCUT2D eigenvalue weighted by molar-refractivity contribution is -0.0807. The lowest BCUT2D eigenvalue weighted by Crippen LogP contribution is -2.30. The molecule has 1 aromatic rings. The molecule has 0 bridgehead atoms. The molecule has 1 fully saturated rings. The quantitative estimate of drug-likeness (QED) is 0.279. The molecule has 0 saturated carbocycles. The third-order valence-electron chi connectivity index (χ3n) is 5.97. The number of hydrogen-bond acceptors (Lipinski definition) is 4. The van der Waals surface area contributed by atoms with Gasteiger partial charge >= 0.3 is 0 Å². The number of aliphatic hydroxyl groups excluding tert-OH is 1. The molecule has 1 aliphatic rings. The monoisotopic (exact) mass is 420 g/mol. The van der Waals surface area contributed by atoms with Gasteiger partial charge in [-0.1, -0.05) is 101 Å². The summed E-state index contributed by atoms with van der Waals surface area (Å²) in [7, 11) is 0. The number of aliphatic hydroxyl groups is 1. The van der Waals surface area contributed by atoms with Crippen LogP contribution >= 0.6 is 0 Å². The molecule has 4 nitrogen and oxygen atoms in total. The molecule has 1 heterocycles. The van der Waals surface area contributed by atoms with Crippen LogP contribution in [0.4, 0.5) is 0 Å². The SMILES string of the molecule is CCCCCCCCCCCC[C@@H](OCc1ccccc1)[C@H](O)CCC1OCCO1. The molecule has 1 aromatic carbocycles. The van der Waals surface area contributed by atoms with Crippen LogP contribution in [0.5, 0.6) is 0 Å².